The molecule has 0 radical (unpaired) electrons. The third-order valence-electron chi connectivity index (χ3n) is 1.83. The molecule has 1 unspecified atom stereocenters. The van der Waals surface area contributed by atoms with E-state index in [1.165, 1.54) is 25.9 Å². The molecule has 0 heterocycles. The van der Waals surface area contributed by atoms with Crippen LogP contribution in [-0.2, 0) is 0 Å². The van der Waals surface area contributed by atoms with Gasteiger partial charge in [-0.25, -0.2) is 0 Å². The van der Waals surface area contributed by atoms with Crippen LogP contribution in [0.3, 0.4) is 0 Å². The van der Waals surface area contributed by atoms with Crippen molar-refractivity contribution in [2.75, 3.05) is 20.1 Å². The van der Waals surface area contributed by atoms with Crippen LogP contribution in [0.2, 0.25) is 0 Å². The van der Waals surface area contributed by atoms with Crippen LogP contribution in [-0.4, -0.2) is 29.9 Å². The maximum atomic E-state index is 3.54. The highest BCUT2D eigenvalue weighted by Gasteiger charge is 2.22. The molecule has 0 aromatic carbocycles. The van der Waals surface area contributed by atoms with Crippen molar-refractivity contribution in [2.24, 2.45) is 5.92 Å². The minimum atomic E-state index is 0.635. The van der Waals surface area contributed by atoms with Crippen molar-refractivity contribution in [2.45, 2.75) is 24.6 Å². The molecule has 1 aliphatic rings. The first-order chi connectivity index (χ1) is 4.68. The number of alkyl halides is 1. The van der Waals surface area contributed by atoms with E-state index in [9.17, 15) is 0 Å². The number of hydrogen-bond acceptors (Lipinski definition) is 1. The Kier molecular flexibility index (Phi) is 3.18. The molecule has 1 saturated carbocycles. The summed E-state index contributed by atoms with van der Waals surface area (Å²) in [5.41, 5.74) is 0. The van der Waals surface area contributed by atoms with Crippen molar-refractivity contribution in [1.29, 1.82) is 0 Å². The van der Waals surface area contributed by atoms with Crippen molar-refractivity contribution in [3.05, 3.63) is 0 Å². The molecule has 0 aromatic rings. The third-order valence-corrected chi connectivity index (χ3v) is 2.12. The average molecular weight is 206 g/mol. The van der Waals surface area contributed by atoms with Crippen LogP contribution in [0.5, 0.6) is 0 Å². The van der Waals surface area contributed by atoms with Crippen molar-refractivity contribution >= 4 is 15.9 Å². The lowest BCUT2D eigenvalue weighted by Gasteiger charge is -2.17. The molecule has 0 saturated heterocycles. The molecule has 0 bridgehead atoms. The fourth-order valence-corrected chi connectivity index (χ4v) is 1.74. The Hall–Kier alpha value is 0.440. The van der Waals surface area contributed by atoms with Gasteiger partial charge in [0.1, 0.15) is 0 Å². The Morgan fingerprint density at radius 3 is 2.60 bits per heavy atom. The van der Waals surface area contributed by atoms with Crippen molar-refractivity contribution in [3.8, 4) is 0 Å². The topological polar surface area (TPSA) is 3.24 Å². The summed E-state index contributed by atoms with van der Waals surface area (Å²) < 4.78 is 0. The molecular weight excluding hydrogens is 190 g/mol. The van der Waals surface area contributed by atoms with Gasteiger partial charge in [0.05, 0.1) is 0 Å². The van der Waals surface area contributed by atoms with Gasteiger partial charge >= 0.3 is 0 Å². The van der Waals surface area contributed by atoms with Crippen LogP contribution in [0.4, 0.5) is 0 Å². The van der Waals surface area contributed by atoms with Gasteiger partial charge in [-0.15, -0.1) is 0 Å². The minimum absolute atomic E-state index is 0.635. The van der Waals surface area contributed by atoms with E-state index in [0.29, 0.717) is 4.83 Å². The Bertz CT molecular complexity index is 95.4. The molecule has 0 spiro atoms. The molecule has 1 aliphatic carbocycles. The van der Waals surface area contributed by atoms with Gasteiger partial charge in [-0.1, -0.05) is 22.9 Å². The van der Waals surface area contributed by atoms with Crippen LogP contribution in [0.25, 0.3) is 0 Å². The van der Waals surface area contributed by atoms with Crippen LogP contribution >= 0.6 is 15.9 Å². The van der Waals surface area contributed by atoms with E-state index in [0.717, 1.165) is 5.92 Å². The lowest BCUT2D eigenvalue weighted by Crippen LogP contribution is -2.26. The number of halogens is 1. The van der Waals surface area contributed by atoms with E-state index in [-0.39, 0.29) is 0 Å². The number of nitrogens with zero attached hydrogens (tertiary/aromatic N) is 1. The quantitative estimate of drug-likeness (QED) is 0.637. The summed E-state index contributed by atoms with van der Waals surface area (Å²) in [6, 6.07) is 0. The molecular formula is C8H16BrN. The highest BCUT2D eigenvalue weighted by atomic mass is 79.9. The smallest absolute Gasteiger partial charge is 0.0244 e. The third kappa shape index (κ3) is 3.57. The highest BCUT2D eigenvalue weighted by Crippen LogP contribution is 2.29. The lowest BCUT2D eigenvalue weighted by molar-refractivity contribution is 0.326. The summed E-state index contributed by atoms with van der Waals surface area (Å²) >= 11 is 3.54. The highest BCUT2D eigenvalue weighted by molar-refractivity contribution is 9.09. The monoisotopic (exact) mass is 205 g/mol. The van der Waals surface area contributed by atoms with E-state index in [1.807, 2.05) is 0 Å². The van der Waals surface area contributed by atoms with Crippen LogP contribution in [0.1, 0.15) is 19.8 Å². The number of hydrogen-bond donors (Lipinski definition) is 0. The fraction of sp³-hybridized carbons (Fsp3) is 1.00. The molecule has 10 heavy (non-hydrogen) atoms. The molecule has 1 fully saturated rings. The Labute approximate surface area is 71.9 Å². The normalized spacial score (nSPS) is 21.6. The summed E-state index contributed by atoms with van der Waals surface area (Å²) in [7, 11) is 2.20. The largest absolute Gasteiger partial charge is 0.305 e. The molecule has 0 amide bonds. The molecule has 1 rings (SSSR count). The fourth-order valence-electron chi connectivity index (χ4n) is 1.25. The second-order valence-electron chi connectivity index (χ2n) is 3.45. The average Bonchev–Trinajstić information content (AvgIpc) is 2.46. The minimum Gasteiger partial charge on any atom is -0.305 e. The van der Waals surface area contributed by atoms with Gasteiger partial charge in [-0.05, 0) is 25.8 Å². The van der Waals surface area contributed by atoms with Crippen molar-refractivity contribution in [1.82, 2.24) is 4.90 Å². The molecule has 2 heteroatoms. The van der Waals surface area contributed by atoms with Crippen molar-refractivity contribution < 1.29 is 0 Å². The predicted molar refractivity (Wildman–Crippen MR) is 48.6 cm³/mol. The molecule has 0 N–H and O–H groups in total. The van der Waals surface area contributed by atoms with Gasteiger partial charge in [0.25, 0.3) is 0 Å². The van der Waals surface area contributed by atoms with E-state index in [4.69, 9.17) is 0 Å². The first kappa shape index (κ1) is 8.54. The van der Waals surface area contributed by atoms with E-state index >= 15 is 0 Å². The second kappa shape index (κ2) is 3.72. The maximum absolute atomic E-state index is 3.54. The maximum Gasteiger partial charge on any atom is 0.0244 e. The summed E-state index contributed by atoms with van der Waals surface area (Å²) in [6.45, 7) is 4.68. The first-order valence-corrected chi connectivity index (χ1v) is 4.92. The van der Waals surface area contributed by atoms with E-state index in [1.54, 1.807) is 0 Å². The van der Waals surface area contributed by atoms with E-state index < -0.39 is 0 Å². The molecule has 60 valence electrons. The van der Waals surface area contributed by atoms with Gasteiger partial charge in [0.15, 0.2) is 0 Å². The first-order valence-electron chi connectivity index (χ1n) is 4.01. The molecule has 0 aromatic heterocycles. The Balaban J connectivity index is 2.02. The molecule has 0 aliphatic heterocycles. The molecule has 1 nitrogen and oxygen atoms in total. The van der Waals surface area contributed by atoms with Gasteiger partial charge in [0, 0.05) is 17.9 Å². The second-order valence-corrected chi connectivity index (χ2v) is 5.01. The zero-order valence-corrected chi connectivity index (χ0v) is 8.39. The summed E-state index contributed by atoms with van der Waals surface area (Å²) in [5, 5.41) is 0. The zero-order chi connectivity index (χ0) is 7.56. The van der Waals surface area contributed by atoms with Crippen LogP contribution < -0.4 is 0 Å². The zero-order valence-electron chi connectivity index (χ0n) is 6.81. The van der Waals surface area contributed by atoms with Crippen LogP contribution in [0.15, 0.2) is 0 Å². The van der Waals surface area contributed by atoms with Gasteiger partial charge in [-0.2, -0.15) is 0 Å². The summed E-state index contributed by atoms with van der Waals surface area (Å²) in [4.78, 5) is 3.05. The number of rotatable bonds is 4. The van der Waals surface area contributed by atoms with Gasteiger partial charge in [0.2, 0.25) is 0 Å². The Morgan fingerprint density at radius 2 is 2.20 bits per heavy atom. The molecule has 1 atom stereocenters. The Morgan fingerprint density at radius 1 is 1.60 bits per heavy atom. The predicted octanol–water partition coefficient (Wildman–Crippen LogP) is 2.11. The van der Waals surface area contributed by atoms with Gasteiger partial charge in [-0.3, -0.25) is 0 Å². The summed E-state index contributed by atoms with van der Waals surface area (Å²) in [6.07, 6.45) is 2.92. The van der Waals surface area contributed by atoms with Crippen molar-refractivity contribution in [3.63, 3.8) is 0 Å². The standard InChI is InChI=1S/C8H16BrN/c1-7(9)5-10(2)6-8-3-4-8/h7-8H,3-6H2,1-2H3. The lowest BCUT2D eigenvalue weighted by atomic mass is 10.3. The van der Waals surface area contributed by atoms with Gasteiger partial charge < -0.3 is 4.90 Å². The van der Waals surface area contributed by atoms with Crippen LogP contribution in [0, 0.1) is 5.92 Å². The summed E-state index contributed by atoms with van der Waals surface area (Å²) in [5.74, 6) is 1.02. The SMILES string of the molecule is CC(Br)CN(C)CC1CC1. The van der Waals surface area contributed by atoms with E-state index in [2.05, 4.69) is 34.8 Å².